The number of carbonyl (C=O) groups is 2. The smallest absolute Gasteiger partial charge is 0.338 e. The van der Waals surface area contributed by atoms with E-state index >= 15 is 0 Å². The third-order valence-electron chi connectivity index (χ3n) is 6.79. The molecule has 3 heterocycles. The summed E-state index contributed by atoms with van der Waals surface area (Å²) in [4.78, 5) is 29.8. The van der Waals surface area contributed by atoms with Gasteiger partial charge in [-0.15, -0.1) is 21.5 Å². The fraction of sp³-hybridized carbons (Fsp3) is 0.286. The molecule has 1 fully saturated rings. The van der Waals surface area contributed by atoms with Crippen molar-refractivity contribution in [3.05, 3.63) is 82.7 Å². The van der Waals surface area contributed by atoms with Crippen molar-refractivity contribution in [3.8, 4) is 16.4 Å². The number of piperazine rings is 1. The van der Waals surface area contributed by atoms with E-state index in [4.69, 9.17) is 0 Å². The van der Waals surface area contributed by atoms with E-state index in [2.05, 4.69) is 10.2 Å². The Hall–Kier alpha value is -3.85. The molecule has 1 saturated heterocycles. The number of benzene rings is 2. The molecule has 1 unspecified atom stereocenters. The van der Waals surface area contributed by atoms with Crippen LogP contribution in [0.1, 0.15) is 28.4 Å². The molecule has 1 aliphatic heterocycles. The van der Waals surface area contributed by atoms with Gasteiger partial charge in [0.05, 0.1) is 21.8 Å². The molecule has 2 amide bonds. The van der Waals surface area contributed by atoms with Crippen molar-refractivity contribution in [3.63, 3.8) is 0 Å². The van der Waals surface area contributed by atoms with Gasteiger partial charge in [-0.05, 0) is 48.7 Å². The lowest BCUT2D eigenvalue weighted by molar-refractivity contribution is -0.143. The van der Waals surface area contributed by atoms with Crippen molar-refractivity contribution in [2.24, 2.45) is 0 Å². The summed E-state index contributed by atoms with van der Waals surface area (Å²) >= 11 is 2.68. The van der Waals surface area contributed by atoms with Gasteiger partial charge in [0.15, 0.2) is 11.0 Å². The van der Waals surface area contributed by atoms with Gasteiger partial charge < -0.3 is 9.80 Å². The van der Waals surface area contributed by atoms with E-state index in [9.17, 15) is 35.9 Å². The molecule has 2 aromatic carbocycles. The number of aromatic nitrogens is 3. The highest BCUT2D eigenvalue weighted by atomic mass is 32.2. The fourth-order valence-corrected chi connectivity index (χ4v) is 6.24. The molecule has 5 rings (SSSR count). The Balaban J connectivity index is 1.28. The number of carbonyl (C=O) groups excluding carboxylic acids is 2. The molecule has 226 valence electrons. The summed E-state index contributed by atoms with van der Waals surface area (Å²) < 4.78 is 81.7. The third kappa shape index (κ3) is 6.72. The van der Waals surface area contributed by atoms with Crippen molar-refractivity contribution in [1.29, 1.82) is 0 Å². The number of nitrogens with zero attached hydrogens (tertiary/aromatic N) is 5. The number of hydrogen-bond donors (Lipinski definition) is 0. The Kier molecular flexibility index (Phi) is 8.56. The predicted octanol–water partition coefficient (Wildman–Crippen LogP) is 6.50. The first kappa shape index (κ1) is 30.6. The molecule has 0 aliphatic carbocycles. The van der Waals surface area contributed by atoms with Crippen LogP contribution in [0.5, 0.6) is 0 Å². The molecule has 15 heteroatoms. The lowest BCUT2D eigenvalue weighted by Crippen LogP contribution is -2.55. The van der Waals surface area contributed by atoms with Crippen LogP contribution in [0.3, 0.4) is 0 Å². The zero-order chi connectivity index (χ0) is 30.9. The predicted molar refractivity (Wildman–Crippen MR) is 149 cm³/mol. The first-order valence-corrected chi connectivity index (χ1v) is 14.7. The lowest BCUT2D eigenvalue weighted by Gasteiger charge is -2.40. The second-order valence-electron chi connectivity index (χ2n) is 9.72. The zero-order valence-electron chi connectivity index (χ0n) is 22.4. The summed E-state index contributed by atoms with van der Waals surface area (Å²) in [6, 6.07) is 13.4. The van der Waals surface area contributed by atoms with E-state index in [1.807, 2.05) is 52.4 Å². The largest absolute Gasteiger partial charge is 0.416 e. The Morgan fingerprint density at radius 1 is 0.930 bits per heavy atom. The minimum atomic E-state index is -5.07. The molecular weight excluding hydrogens is 616 g/mol. The van der Waals surface area contributed by atoms with Crippen LogP contribution in [0.2, 0.25) is 0 Å². The van der Waals surface area contributed by atoms with Gasteiger partial charge in [0.2, 0.25) is 5.91 Å². The van der Waals surface area contributed by atoms with Gasteiger partial charge in [0.1, 0.15) is 0 Å². The molecule has 0 bridgehead atoms. The Labute approximate surface area is 250 Å². The molecule has 4 aromatic rings. The van der Waals surface area contributed by atoms with Gasteiger partial charge in [-0.1, -0.05) is 36.0 Å². The average molecular weight is 640 g/mol. The summed E-state index contributed by atoms with van der Waals surface area (Å²) in [5, 5.41) is 11.0. The molecule has 0 radical (unpaired) electrons. The second-order valence-corrected chi connectivity index (χ2v) is 11.6. The van der Waals surface area contributed by atoms with Crippen molar-refractivity contribution < 1.29 is 35.9 Å². The third-order valence-corrected chi connectivity index (χ3v) is 8.57. The van der Waals surface area contributed by atoms with Crippen LogP contribution in [0.4, 0.5) is 26.3 Å². The van der Waals surface area contributed by atoms with E-state index in [0.29, 0.717) is 23.1 Å². The maximum absolute atomic E-state index is 13.3. The van der Waals surface area contributed by atoms with Crippen LogP contribution in [-0.4, -0.2) is 67.8 Å². The summed E-state index contributed by atoms with van der Waals surface area (Å²) in [5.74, 6) is -0.607. The Morgan fingerprint density at radius 3 is 2.19 bits per heavy atom. The van der Waals surface area contributed by atoms with Crippen LogP contribution in [0, 0.1) is 0 Å². The van der Waals surface area contributed by atoms with Gasteiger partial charge in [-0.3, -0.25) is 14.2 Å². The first-order chi connectivity index (χ1) is 20.3. The number of amides is 2. The number of thiophene rings is 1. The number of alkyl halides is 6. The molecule has 0 saturated carbocycles. The highest BCUT2D eigenvalue weighted by molar-refractivity contribution is 7.99. The summed E-state index contributed by atoms with van der Waals surface area (Å²) in [7, 11) is 0. The summed E-state index contributed by atoms with van der Waals surface area (Å²) in [6.45, 7) is 1.65. The second kappa shape index (κ2) is 12.0. The molecule has 0 spiro atoms. The van der Waals surface area contributed by atoms with E-state index in [0.717, 1.165) is 10.6 Å². The van der Waals surface area contributed by atoms with Crippen molar-refractivity contribution in [1.82, 2.24) is 24.6 Å². The summed E-state index contributed by atoms with van der Waals surface area (Å²) in [5.41, 5.74) is -3.02. The van der Waals surface area contributed by atoms with Crippen molar-refractivity contribution >= 4 is 34.9 Å². The first-order valence-electron chi connectivity index (χ1n) is 12.9. The fourth-order valence-electron chi connectivity index (χ4n) is 4.69. The van der Waals surface area contributed by atoms with Gasteiger partial charge in [0, 0.05) is 36.9 Å². The monoisotopic (exact) mass is 639 g/mol. The highest BCUT2D eigenvalue weighted by Gasteiger charge is 2.39. The number of rotatable bonds is 6. The van der Waals surface area contributed by atoms with Crippen LogP contribution >= 0.6 is 23.1 Å². The standard InChI is InChI=1S/C28H23F6N5O2S2/c1-17-15-37(9-10-38(17)25(41)18-12-19(27(29,30)31)14-20(13-18)28(32,33)34)23(40)16-43-26-36-35-24(22-8-5-11-42-22)39(26)21-6-3-2-4-7-21/h2-8,11-14,17H,9-10,15-16H2,1H3. The van der Waals surface area contributed by atoms with Crippen LogP contribution < -0.4 is 0 Å². The molecule has 0 N–H and O–H groups in total. The molecular formula is C28H23F6N5O2S2. The van der Waals surface area contributed by atoms with Crippen LogP contribution in [0.25, 0.3) is 16.4 Å². The number of hydrogen-bond acceptors (Lipinski definition) is 6. The van der Waals surface area contributed by atoms with Crippen molar-refractivity contribution in [2.45, 2.75) is 30.5 Å². The minimum absolute atomic E-state index is 0.00134. The van der Waals surface area contributed by atoms with E-state index < -0.39 is 41.0 Å². The highest BCUT2D eigenvalue weighted by Crippen LogP contribution is 2.37. The summed E-state index contributed by atoms with van der Waals surface area (Å²) in [6.07, 6.45) is -10.1. The Morgan fingerprint density at radius 2 is 1.60 bits per heavy atom. The van der Waals surface area contributed by atoms with Crippen LogP contribution in [-0.2, 0) is 17.1 Å². The van der Waals surface area contributed by atoms with Gasteiger partial charge in [0.25, 0.3) is 5.91 Å². The molecule has 2 aromatic heterocycles. The molecule has 43 heavy (non-hydrogen) atoms. The van der Waals surface area contributed by atoms with Crippen molar-refractivity contribution in [2.75, 3.05) is 25.4 Å². The van der Waals surface area contributed by atoms with Gasteiger partial charge in [-0.2, -0.15) is 26.3 Å². The number of thioether (sulfide) groups is 1. The quantitative estimate of drug-likeness (QED) is 0.178. The maximum atomic E-state index is 13.3. The lowest BCUT2D eigenvalue weighted by atomic mass is 10.0. The van der Waals surface area contributed by atoms with E-state index in [1.54, 1.807) is 6.92 Å². The molecule has 1 aliphatic rings. The zero-order valence-corrected chi connectivity index (χ0v) is 24.0. The SMILES string of the molecule is CC1CN(C(=O)CSc2nnc(-c3cccs3)n2-c2ccccc2)CCN1C(=O)c1cc(C(F)(F)F)cc(C(F)(F)F)c1. The normalized spacial score (nSPS) is 16.0. The number of halogens is 6. The molecule has 7 nitrogen and oxygen atoms in total. The van der Waals surface area contributed by atoms with E-state index in [1.165, 1.54) is 32.9 Å². The van der Waals surface area contributed by atoms with Gasteiger partial charge in [-0.25, -0.2) is 0 Å². The topological polar surface area (TPSA) is 71.3 Å². The number of para-hydroxylation sites is 1. The average Bonchev–Trinajstić information content (AvgIpc) is 3.65. The van der Waals surface area contributed by atoms with Gasteiger partial charge >= 0.3 is 12.4 Å². The van der Waals surface area contributed by atoms with E-state index in [-0.39, 0.29) is 37.4 Å². The minimum Gasteiger partial charge on any atom is -0.338 e. The Bertz CT molecular complexity index is 1570. The molecule has 1 atom stereocenters. The van der Waals surface area contributed by atoms with Crippen LogP contribution in [0.15, 0.2) is 71.2 Å². The maximum Gasteiger partial charge on any atom is 0.416 e.